The Hall–Kier alpha value is -3.61. The fourth-order valence-corrected chi connectivity index (χ4v) is 4.13. The Morgan fingerprint density at radius 2 is 1.74 bits per heavy atom. The second kappa shape index (κ2) is 11.8. The van der Waals surface area contributed by atoms with Crippen LogP contribution in [0.4, 0.5) is 0 Å². The van der Waals surface area contributed by atoms with Gasteiger partial charge in [-0.25, -0.2) is 9.59 Å². The van der Waals surface area contributed by atoms with Crippen molar-refractivity contribution in [1.82, 2.24) is 0 Å². The summed E-state index contributed by atoms with van der Waals surface area (Å²) in [4.78, 5) is 36.9. The first-order valence-electron chi connectivity index (χ1n) is 11.9. The van der Waals surface area contributed by atoms with Gasteiger partial charge in [0.1, 0.15) is 36.5 Å². The van der Waals surface area contributed by atoms with Crippen molar-refractivity contribution >= 4 is 17.7 Å². The molecular weight excluding hydrogens is 500 g/mol. The molecule has 0 aromatic heterocycles. The molecule has 0 bridgehead atoms. The zero-order valence-corrected chi connectivity index (χ0v) is 20.2. The molecule has 4 N–H and O–H groups in total. The third-order valence-electron chi connectivity index (χ3n) is 6.21. The molecule has 1 aliphatic heterocycles. The minimum Gasteiger partial charge on any atom is -0.460 e. The molecule has 1 saturated heterocycles. The van der Waals surface area contributed by atoms with E-state index in [2.05, 4.69) is 0 Å². The largest absolute Gasteiger partial charge is 0.460 e. The average molecular weight is 529 g/mol. The number of esters is 2. The maximum absolute atomic E-state index is 12.7. The predicted molar refractivity (Wildman–Crippen MR) is 129 cm³/mol. The summed E-state index contributed by atoms with van der Waals surface area (Å²) in [5.41, 5.74) is -1.55. The monoisotopic (exact) mass is 528 g/mol. The number of rotatable bonds is 8. The number of hydrogen-bond acceptors (Lipinski definition) is 11. The van der Waals surface area contributed by atoms with Crippen molar-refractivity contribution in [2.24, 2.45) is 0 Å². The van der Waals surface area contributed by atoms with Crippen LogP contribution in [-0.4, -0.2) is 81.1 Å². The first-order valence-corrected chi connectivity index (χ1v) is 11.9. The first-order chi connectivity index (χ1) is 18.2. The van der Waals surface area contributed by atoms with Gasteiger partial charge in [-0.1, -0.05) is 42.5 Å². The summed E-state index contributed by atoms with van der Waals surface area (Å²) in [6.45, 7) is -1.00. The van der Waals surface area contributed by atoms with Crippen molar-refractivity contribution in [2.75, 3.05) is 6.61 Å². The number of carbonyl (C=O) groups excluding carboxylic acids is 3. The first kappa shape index (κ1) is 27.4. The van der Waals surface area contributed by atoms with E-state index in [1.807, 2.05) is 0 Å². The lowest BCUT2D eigenvalue weighted by molar-refractivity contribution is -0.276. The molecule has 4 rings (SSSR count). The van der Waals surface area contributed by atoms with Crippen molar-refractivity contribution < 1.29 is 53.8 Å². The average Bonchev–Trinajstić information content (AvgIpc) is 2.92. The Morgan fingerprint density at radius 3 is 2.45 bits per heavy atom. The van der Waals surface area contributed by atoms with E-state index in [-0.39, 0.29) is 30.1 Å². The van der Waals surface area contributed by atoms with Crippen LogP contribution in [0.3, 0.4) is 0 Å². The molecule has 2 aliphatic rings. The molecule has 6 atom stereocenters. The maximum Gasteiger partial charge on any atom is 0.342 e. The molecule has 11 heteroatoms. The number of benzene rings is 2. The Morgan fingerprint density at radius 1 is 1.03 bits per heavy atom. The molecule has 6 unspecified atom stereocenters. The Balaban J connectivity index is 1.51. The molecule has 11 nitrogen and oxygen atoms in total. The van der Waals surface area contributed by atoms with Crippen molar-refractivity contribution in [3.8, 4) is 5.75 Å². The van der Waals surface area contributed by atoms with Crippen molar-refractivity contribution in [3.63, 3.8) is 0 Å². The van der Waals surface area contributed by atoms with E-state index in [0.717, 1.165) is 0 Å². The molecule has 38 heavy (non-hydrogen) atoms. The van der Waals surface area contributed by atoms with Gasteiger partial charge in [-0.15, -0.1) is 0 Å². The maximum atomic E-state index is 12.7. The van der Waals surface area contributed by atoms with Gasteiger partial charge in [0.05, 0.1) is 12.2 Å². The number of ether oxygens (including phenoxy) is 4. The zero-order valence-electron chi connectivity index (χ0n) is 20.2. The fraction of sp³-hybridized carbons (Fsp3) is 0.370. The van der Waals surface area contributed by atoms with Crippen LogP contribution in [0.25, 0.3) is 0 Å². The van der Waals surface area contributed by atoms with E-state index in [1.54, 1.807) is 36.4 Å². The van der Waals surface area contributed by atoms with Crippen LogP contribution in [0, 0.1) is 0 Å². The van der Waals surface area contributed by atoms with Gasteiger partial charge in [-0.3, -0.25) is 4.79 Å². The van der Waals surface area contributed by atoms with E-state index in [9.17, 15) is 34.8 Å². The van der Waals surface area contributed by atoms with Crippen molar-refractivity contribution in [2.45, 2.75) is 55.8 Å². The summed E-state index contributed by atoms with van der Waals surface area (Å²) < 4.78 is 22.2. The number of ketones is 1. The third-order valence-corrected chi connectivity index (χ3v) is 6.21. The molecule has 0 saturated carbocycles. The number of carbonyl (C=O) groups is 3. The van der Waals surface area contributed by atoms with Gasteiger partial charge < -0.3 is 39.4 Å². The summed E-state index contributed by atoms with van der Waals surface area (Å²) in [5, 5.41) is 41.1. The molecule has 2 aromatic rings. The van der Waals surface area contributed by atoms with E-state index in [4.69, 9.17) is 18.9 Å². The van der Waals surface area contributed by atoms with Gasteiger partial charge in [0, 0.05) is 18.4 Å². The van der Waals surface area contributed by atoms with E-state index < -0.39 is 61.3 Å². The molecule has 2 aromatic carbocycles. The van der Waals surface area contributed by atoms with E-state index in [0.29, 0.717) is 5.56 Å². The number of hydrogen-bond donors (Lipinski definition) is 4. The van der Waals surface area contributed by atoms with Gasteiger partial charge in [-0.2, -0.15) is 0 Å². The lowest BCUT2D eigenvalue weighted by Crippen LogP contribution is -2.61. The molecule has 1 aliphatic carbocycles. The minimum absolute atomic E-state index is 0.119. The summed E-state index contributed by atoms with van der Waals surface area (Å²) in [7, 11) is 0. The summed E-state index contributed by atoms with van der Waals surface area (Å²) in [6, 6.07) is 14.3. The van der Waals surface area contributed by atoms with Crippen LogP contribution < -0.4 is 4.74 Å². The highest BCUT2D eigenvalue weighted by molar-refractivity contribution is 5.92. The SMILES string of the molecule is O=C1CC=CC(O)(C(=O)OCc2ccccc2OC2OC(CO)C(O)C(O)C2OC(=O)c2ccccc2)C1. The quantitative estimate of drug-likeness (QED) is 0.277. The Kier molecular flexibility index (Phi) is 8.55. The topological polar surface area (TPSA) is 169 Å². The summed E-state index contributed by atoms with van der Waals surface area (Å²) in [6.07, 6.45) is -5.07. The number of para-hydroxylation sites is 1. The van der Waals surface area contributed by atoms with E-state index in [1.165, 1.54) is 30.4 Å². The van der Waals surface area contributed by atoms with Crippen LogP contribution in [0.2, 0.25) is 0 Å². The van der Waals surface area contributed by atoms with Gasteiger partial charge in [0.2, 0.25) is 6.29 Å². The third kappa shape index (κ3) is 6.09. The number of allylic oxidation sites excluding steroid dienone is 1. The standard InChI is InChI=1S/C27H28O11/c28-14-20-21(30)22(31)23(38-24(32)16-7-2-1-3-8-16)25(37-20)36-19-11-5-4-9-17(19)15-35-26(33)27(34)12-6-10-18(29)13-27/h1-9,11-12,20-23,25,28,30-31,34H,10,13-15H2. The highest BCUT2D eigenvalue weighted by atomic mass is 16.7. The zero-order chi connectivity index (χ0) is 27.3. The van der Waals surface area contributed by atoms with Gasteiger partial charge in [0.25, 0.3) is 0 Å². The van der Waals surface area contributed by atoms with Gasteiger partial charge in [0.15, 0.2) is 11.7 Å². The number of aliphatic hydroxyl groups is 4. The molecule has 0 amide bonds. The van der Waals surface area contributed by atoms with Gasteiger partial charge in [-0.05, 0) is 24.3 Å². The molecule has 202 valence electrons. The van der Waals surface area contributed by atoms with Crippen LogP contribution in [0.1, 0.15) is 28.8 Å². The normalized spacial score (nSPS) is 28.9. The Labute approximate surface area is 217 Å². The second-order valence-electron chi connectivity index (χ2n) is 8.99. The number of aliphatic hydroxyl groups excluding tert-OH is 3. The highest BCUT2D eigenvalue weighted by Gasteiger charge is 2.48. The number of Topliss-reactive ketones (excluding diaryl/α,β-unsaturated/α-hetero) is 1. The highest BCUT2D eigenvalue weighted by Crippen LogP contribution is 2.30. The van der Waals surface area contributed by atoms with Gasteiger partial charge >= 0.3 is 11.9 Å². The fourth-order valence-electron chi connectivity index (χ4n) is 4.13. The second-order valence-corrected chi connectivity index (χ2v) is 8.99. The minimum atomic E-state index is -2.07. The Bertz CT molecular complexity index is 1180. The summed E-state index contributed by atoms with van der Waals surface area (Å²) in [5.74, 6) is -2.00. The molecule has 1 heterocycles. The smallest absolute Gasteiger partial charge is 0.342 e. The lowest BCUT2D eigenvalue weighted by Gasteiger charge is -2.41. The van der Waals surface area contributed by atoms with E-state index >= 15 is 0 Å². The lowest BCUT2D eigenvalue weighted by atomic mass is 9.90. The molecule has 0 spiro atoms. The van der Waals surface area contributed by atoms with Crippen LogP contribution >= 0.6 is 0 Å². The van der Waals surface area contributed by atoms with Crippen molar-refractivity contribution in [3.05, 3.63) is 77.9 Å². The van der Waals surface area contributed by atoms with Crippen LogP contribution in [-0.2, 0) is 30.4 Å². The molecular formula is C27H28O11. The van der Waals surface area contributed by atoms with Crippen LogP contribution in [0.5, 0.6) is 5.75 Å². The predicted octanol–water partition coefficient (Wildman–Crippen LogP) is 0.423. The van der Waals surface area contributed by atoms with Crippen molar-refractivity contribution in [1.29, 1.82) is 0 Å². The summed E-state index contributed by atoms with van der Waals surface area (Å²) >= 11 is 0. The molecule has 1 fully saturated rings. The molecule has 0 radical (unpaired) electrons. The van der Waals surface area contributed by atoms with Crippen LogP contribution in [0.15, 0.2) is 66.7 Å².